The van der Waals surface area contributed by atoms with Crippen molar-refractivity contribution in [3.8, 4) is 0 Å². The Morgan fingerprint density at radius 3 is 2.15 bits per heavy atom. The number of pyridine rings is 1. The Labute approximate surface area is 197 Å². The third kappa shape index (κ3) is 2.93. The molecule has 3 nitrogen and oxygen atoms in total. The Morgan fingerprint density at radius 2 is 1.33 bits per heavy atom. The van der Waals surface area contributed by atoms with Crippen molar-refractivity contribution in [1.29, 1.82) is 0 Å². The van der Waals surface area contributed by atoms with Gasteiger partial charge in [0.25, 0.3) is 5.82 Å². The normalized spacial score (nSPS) is 14.2. The van der Waals surface area contributed by atoms with Gasteiger partial charge in [0.15, 0.2) is 0 Å². The molecule has 0 aliphatic carbocycles. The molecule has 2 aliphatic heterocycles. The zero-order chi connectivity index (χ0) is 22.7. The average Bonchev–Trinajstić information content (AvgIpc) is 3.15. The van der Waals surface area contributed by atoms with Gasteiger partial charge in [0, 0.05) is 11.2 Å². The number of fused-ring (bicyclic) bond motifs is 7. The van der Waals surface area contributed by atoms with E-state index in [2.05, 4.69) is 121 Å². The lowest BCUT2D eigenvalue weighted by atomic mass is 9.59. The summed E-state index contributed by atoms with van der Waals surface area (Å²) in [7, 11) is 2.18. The van der Waals surface area contributed by atoms with Gasteiger partial charge in [0.05, 0.1) is 13.2 Å². The number of hydrogen-bond acceptors (Lipinski definition) is 2. The van der Waals surface area contributed by atoms with Crippen LogP contribution in [0.5, 0.6) is 0 Å². The second-order valence-electron chi connectivity index (χ2n) is 9.46. The van der Waals surface area contributed by atoms with E-state index in [4.69, 9.17) is 0 Å². The van der Waals surface area contributed by atoms with Crippen molar-refractivity contribution in [3.63, 3.8) is 0 Å². The molecule has 1 aromatic heterocycles. The van der Waals surface area contributed by atoms with Crippen LogP contribution in [0.3, 0.4) is 0 Å². The summed E-state index contributed by atoms with van der Waals surface area (Å²) >= 11 is 0. The van der Waals surface area contributed by atoms with E-state index in [-0.39, 0.29) is 6.98 Å². The van der Waals surface area contributed by atoms with E-state index in [1.54, 1.807) is 0 Å². The number of aromatic nitrogens is 1. The predicted octanol–water partition coefficient (Wildman–Crippen LogP) is 5.22. The Bertz CT molecular complexity index is 1360. The maximum absolute atomic E-state index is 2.61. The van der Waals surface area contributed by atoms with Crippen molar-refractivity contribution in [2.24, 2.45) is 7.05 Å². The minimum absolute atomic E-state index is 0.0612. The number of rotatable bonds is 1. The Hall–Kier alpha value is -3.53. The number of hydrogen-bond donors (Lipinski definition) is 0. The van der Waals surface area contributed by atoms with Crippen molar-refractivity contribution in [3.05, 3.63) is 107 Å². The molecule has 2 aliphatic rings. The zero-order valence-corrected chi connectivity index (χ0v) is 19.8. The first-order chi connectivity index (χ1) is 16.1. The zero-order valence-electron chi connectivity index (χ0n) is 19.8. The largest absolute Gasteiger partial charge is 0.543 e. The highest BCUT2D eigenvalue weighted by molar-refractivity contribution is 6.85. The first-order valence-corrected chi connectivity index (χ1v) is 11.9. The van der Waals surface area contributed by atoms with Crippen LogP contribution in [0.15, 0.2) is 79.0 Å². The van der Waals surface area contributed by atoms with Crippen LogP contribution in [-0.4, -0.2) is 6.98 Å². The van der Waals surface area contributed by atoms with Crippen molar-refractivity contribution in [2.45, 2.75) is 33.6 Å². The summed E-state index contributed by atoms with van der Waals surface area (Å²) in [6.07, 6.45) is 4.30. The van der Waals surface area contributed by atoms with E-state index in [1.165, 1.54) is 56.2 Å². The van der Waals surface area contributed by atoms with Gasteiger partial charge in [-0.3, -0.25) is 4.81 Å². The lowest BCUT2D eigenvalue weighted by Gasteiger charge is -2.31. The quantitative estimate of drug-likeness (QED) is 0.303. The molecule has 0 fully saturated rings. The first kappa shape index (κ1) is 20.1. The van der Waals surface area contributed by atoms with Gasteiger partial charge in [-0.15, -0.1) is 0 Å². The molecule has 3 aromatic carbocycles. The fraction of sp³-hybridized carbons (Fsp3) is 0.207. The van der Waals surface area contributed by atoms with E-state index < -0.39 is 0 Å². The highest BCUT2D eigenvalue weighted by Gasteiger charge is 2.55. The molecule has 0 saturated carbocycles. The summed E-state index contributed by atoms with van der Waals surface area (Å²) in [4.78, 5) is 5.18. The van der Waals surface area contributed by atoms with Crippen molar-refractivity contribution in [2.75, 3.05) is 9.62 Å². The lowest BCUT2D eigenvalue weighted by molar-refractivity contribution is -0.657. The van der Waals surface area contributed by atoms with Gasteiger partial charge in [-0.2, -0.15) is 0 Å². The fourth-order valence-electron chi connectivity index (χ4n) is 5.80. The third-order valence-corrected chi connectivity index (χ3v) is 7.39. The minimum Gasteiger partial charge on any atom is -0.332 e. The maximum atomic E-state index is 2.61. The number of para-hydroxylation sites is 2. The van der Waals surface area contributed by atoms with E-state index in [1.807, 2.05) is 0 Å². The van der Waals surface area contributed by atoms with Crippen LogP contribution < -0.4 is 19.7 Å². The van der Waals surface area contributed by atoms with Gasteiger partial charge in [0.2, 0.25) is 0 Å². The fourth-order valence-corrected chi connectivity index (χ4v) is 5.80. The standard InChI is InChI=1S/C29H29BN3/c1-20-10-5-7-14-25(20)33-29-28(22(3)18-19-31(29)4)32-26-15-8-6-12-23(26)16-17-24-13-9-11-21(2)27(24)30(32)33/h5-15,18-19H,16-17H2,1-4H3/q+1. The molecule has 0 saturated heterocycles. The number of benzene rings is 3. The molecule has 4 heteroatoms. The van der Waals surface area contributed by atoms with Gasteiger partial charge in [-0.05, 0) is 79.6 Å². The molecule has 0 atom stereocenters. The van der Waals surface area contributed by atoms with Crippen LogP contribution in [0.25, 0.3) is 0 Å². The third-order valence-electron chi connectivity index (χ3n) is 7.39. The monoisotopic (exact) mass is 430 g/mol. The van der Waals surface area contributed by atoms with Gasteiger partial charge in [0.1, 0.15) is 11.4 Å². The lowest BCUT2D eigenvalue weighted by Crippen LogP contribution is -2.57. The van der Waals surface area contributed by atoms with Crippen LogP contribution in [0.1, 0.15) is 27.8 Å². The molecule has 4 aromatic rings. The van der Waals surface area contributed by atoms with E-state index in [9.17, 15) is 0 Å². The van der Waals surface area contributed by atoms with Gasteiger partial charge in [-0.1, -0.05) is 54.6 Å². The summed E-state index contributed by atoms with van der Waals surface area (Å²) in [5.41, 5.74) is 12.1. The van der Waals surface area contributed by atoms with Gasteiger partial charge < -0.3 is 4.81 Å². The van der Waals surface area contributed by atoms with Crippen LogP contribution in [0, 0.1) is 20.8 Å². The highest BCUT2D eigenvalue weighted by atomic mass is 15.4. The molecule has 0 spiro atoms. The molecular formula is C29H29BN3+. The maximum Gasteiger partial charge on any atom is 0.543 e. The summed E-state index contributed by atoms with van der Waals surface area (Å²) in [5.74, 6) is 1.25. The number of anilines is 4. The Morgan fingerprint density at radius 1 is 0.667 bits per heavy atom. The van der Waals surface area contributed by atoms with Crippen molar-refractivity contribution >= 4 is 35.3 Å². The number of aryl methyl sites for hydroxylation is 6. The van der Waals surface area contributed by atoms with E-state index >= 15 is 0 Å². The molecule has 0 bridgehead atoms. The summed E-state index contributed by atoms with van der Waals surface area (Å²) in [6.45, 7) is 6.81. The summed E-state index contributed by atoms with van der Waals surface area (Å²) < 4.78 is 2.29. The molecule has 3 heterocycles. The molecule has 0 amide bonds. The molecule has 162 valence electrons. The Kier molecular flexibility index (Phi) is 4.58. The Balaban J connectivity index is 1.76. The molecular weight excluding hydrogens is 401 g/mol. The number of nitrogens with zero attached hydrogens (tertiary/aromatic N) is 3. The summed E-state index contributed by atoms with van der Waals surface area (Å²) in [6, 6.07) is 26.9. The second-order valence-corrected chi connectivity index (χ2v) is 9.46. The van der Waals surface area contributed by atoms with Crippen LogP contribution >= 0.6 is 0 Å². The average molecular weight is 430 g/mol. The van der Waals surface area contributed by atoms with Crippen LogP contribution in [0.4, 0.5) is 22.9 Å². The minimum atomic E-state index is 0.0612. The van der Waals surface area contributed by atoms with Gasteiger partial charge >= 0.3 is 6.98 Å². The van der Waals surface area contributed by atoms with Crippen molar-refractivity contribution in [1.82, 2.24) is 0 Å². The van der Waals surface area contributed by atoms with E-state index in [0.717, 1.165) is 12.8 Å². The SMILES string of the molecule is Cc1ccccc1N1B2c3c(C)cccc3CCc3ccccc3N2c2c(C)cc[n+](C)c21. The second kappa shape index (κ2) is 7.52. The predicted molar refractivity (Wildman–Crippen MR) is 138 cm³/mol. The summed E-state index contributed by atoms with van der Waals surface area (Å²) in [5, 5.41) is 0. The topological polar surface area (TPSA) is 10.4 Å². The molecule has 0 unspecified atom stereocenters. The first-order valence-electron chi connectivity index (χ1n) is 11.9. The molecule has 33 heavy (non-hydrogen) atoms. The molecule has 0 N–H and O–H groups in total. The highest BCUT2D eigenvalue weighted by Crippen LogP contribution is 2.48. The molecule has 6 rings (SSSR count). The molecule has 0 radical (unpaired) electrons. The van der Waals surface area contributed by atoms with Crippen LogP contribution in [0.2, 0.25) is 0 Å². The van der Waals surface area contributed by atoms with Gasteiger partial charge in [-0.25, -0.2) is 4.57 Å². The van der Waals surface area contributed by atoms with Crippen LogP contribution in [-0.2, 0) is 19.9 Å². The van der Waals surface area contributed by atoms with E-state index in [0.29, 0.717) is 0 Å². The van der Waals surface area contributed by atoms with Crippen molar-refractivity contribution < 1.29 is 4.57 Å². The smallest absolute Gasteiger partial charge is 0.332 e.